The van der Waals surface area contributed by atoms with Crippen molar-refractivity contribution < 1.29 is 0 Å². The van der Waals surface area contributed by atoms with E-state index in [9.17, 15) is 0 Å². The number of rotatable bonds is 5. The molecule has 0 unspecified atom stereocenters. The molecule has 1 fully saturated rings. The second-order valence-corrected chi connectivity index (χ2v) is 4.76. The van der Waals surface area contributed by atoms with Gasteiger partial charge in [0.05, 0.1) is 0 Å². The van der Waals surface area contributed by atoms with Gasteiger partial charge in [-0.1, -0.05) is 0 Å². The maximum absolute atomic E-state index is 6.15. The Labute approximate surface area is 81.9 Å². The predicted octanol–water partition coefficient (Wildman–Crippen LogP) is 0.361. The number of hydrogen-bond donors (Lipinski definition) is 1. The highest BCUT2D eigenvalue weighted by Crippen LogP contribution is 2.29. The summed E-state index contributed by atoms with van der Waals surface area (Å²) in [4.78, 5) is 4.56. The van der Waals surface area contributed by atoms with Crippen LogP contribution < -0.4 is 5.73 Å². The lowest BCUT2D eigenvalue weighted by Gasteiger charge is -2.41. The van der Waals surface area contributed by atoms with Gasteiger partial charge in [-0.25, -0.2) is 0 Å². The van der Waals surface area contributed by atoms with Crippen LogP contribution in [0.2, 0.25) is 0 Å². The number of likely N-dealkylation sites (N-methyl/N-ethyl adjacent to an activating group) is 2. The molecular weight excluding hydrogens is 162 g/mol. The first-order valence-electron chi connectivity index (χ1n) is 5.14. The number of hydrogen-bond acceptors (Lipinski definition) is 3. The van der Waals surface area contributed by atoms with E-state index in [4.69, 9.17) is 5.73 Å². The zero-order valence-corrected chi connectivity index (χ0v) is 9.21. The molecule has 13 heavy (non-hydrogen) atoms. The summed E-state index contributed by atoms with van der Waals surface area (Å²) in [5, 5.41) is 0. The fraction of sp³-hybridized carbons (Fsp3) is 1.00. The van der Waals surface area contributed by atoms with Crippen molar-refractivity contribution in [1.82, 2.24) is 9.80 Å². The zero-order valence-electron chi connectivity index (χ0n) is 9.21. The summed E-state index contributed by atoms with van der Waals surface area (Å²) < 4.78 is 0. The molecule has 0 bridgehead atoms. The summed E-state index contributed by atoms with van der Waals surface area (Å²) >= 11 is 0. The molecule has 0 saturated heterocycles. The molecule has 0 aromatic carbocycles. The molecule has 3 heteroatoms. The fourth-order valence-electron chi connectivity index (χ4n) is 1.78. The van der Waals surface area contributed by atoms with Crippen LogP contribution in [-0.2, 0) is 0 Å². The van der Waals surface area contributed by atoms with E-state index in [0.717, 1.165) is 19.6 Å². The van der Waals surface area contributed by atoms with E-state index in [2.05, 4.69) is 30.9 Å². The van der Waals surface area contributed by atoms with E-state index >= 15 is 0 Å². The van der Waals surface area contributed by atoms with Crippen molar-refractivity contribution in [3.63, 3.8) is 0 Å². The summed E-state index contributed by atoms with van der Waals surface area (Å²) in [6.45, 7) is 3.29. The quantitative estimate of drug-likeness (QED) is 0.671. The van der Waals surface area contributed by atoms with Gasteiger partial charge < -0.3 is 15.5 Å². The highest BCUT2D eigenvalue weighted by molar-refractivity contribution is 4.94. The summed E-state index contributed by atoms with van der Waals surface area (Å²) in [7, 11) is 6.38. The molecule has 1 aliphatic rings. The van der Waals surface area contributed by atoms with E-state index in [0.29, 0.717) is 0 Å². The predicted molar refractivity (Wildman–Crippen MR) is 56.8 cm³/mol. The molecule has 0 aliphatic heterocycles. The summed E-state index contributed by atoms with van der Waals surface area (Å²) in [6.07, 6.45) is 3.73. The molecule has 0 atom stereocenters. The van der Waals surface area contributed by atoms with Crippen molar-refractivity contribution in [3.05, 3.63) is 0 Å². The van der Waals surface area contributed by atoms with Gasteiger partial charge in [0.25, 0.3) is 0 Å². The zero-order chi connectivity index (χ0) is 9.90. The molecule has 0 amide bonds. The van der Waals surface area contributed by atoms with E-state index in [1.165, 1.54) is 19.3 Å². The second-order valence-electron chi connectivity index (χ2n) is 4.76. The van der Waals surface area contributed by atoms with E-state index < -0.39 is 0 Å². The largest absolute Gasteiger partial charge is 0.324 e. The highest BCUT2D eigenvalue weighted by Gasteiger charge is 2.33. The van der Waals surface area contributed by atoms with Gasteiger partial charge in [0.2, 0.25) is 0 Å². The molecule has 3 nitrogen and oxygen atoms in total. The van der Waals surface area contributed by atoms with Crippen molar-refractivity contribution >= 4 is 0 Å². The van der Waals surface area contributed by atoms with E-state index in [1.54, 1.807) is 0 Å². The minimum absolute atomic E-state index is 0.140. The van der Waals surface area contributed by atoms with Crippen LogP contribution in [0.5, 0.6) is 0 Å². The standard InChI is InChI=1S/C10H23N3/c1-12(2)7-8-13(3)9-10(11)5-4-6-10/h4-9,11H2,1-3H3. The minimum Gasteiger partial charge on any atom is -0.324 e. The van der Waals surface area contributed by atoms with Gasteiger partial charge in [0.15, 0.2) is 0 Å². The Morgan fingerprint density at radius 3 is 2.15 bits per heavy atom. The Morgan fingerprint density at radius 2 is 1.77 bits per heavy atom. The lowest BCUT2D eigenvalue weighted by atomic mass is 9.77. The summed E-state index contributed by atoms with van der Waals surface area (Å²) in [6, 6.07) is 0. The van der Waals surface area contributed by atoms with Crippen LogP contribution in [0, 0.1) is 0 Å². The molecule has 0 aromatic rings. The maximum atomic E-state index is 6.15. The Bertz CT molecular complexity index is 152. The smallest absolute Gasteiger partial charge is 0.0283 e. The highest BCUT2D eigenvalue weighted by atomic mass is 15.2. The summed E-state index contributed by atoms with van der Waals surface area (Å²) in [5.41, 5.74) is 6.29. The normalized spacial score (nSPS) is 20.8. The average molecular weight is 185 g/mol. The van der Waals surface area contributed by atoms with Crippen LogP contribution in [0.1, 0.15) is 19.3 Å². The van der Waals surface area contributed by atoms with Gasteiger partial charge in [-0.2, -0.15) is 0 Å². The topological polar surface area (TPSA) is 32.5 Å². The lowest BCUT2D eigenvalue weighted by molar-refractivity contribution is 0.158. The van der Waals surface area contributed by atoms with E-state index in [-0.39, 0.29) is 5.54 Å². The first kappa shape index (κ1) is 11.0. The van der Waals surface area contributed by atoms with Gasteiger partial charge in [0, 0.05) is 25.2 Å². The van der Waals surface area contributed by atoms with Crippen molar-refractivity contribution in [2.75, 3.05) is 40.8 Å². The van der Waals surface area contributed by atoms with Crippen LogP contribution in [0.3, 0.4) is 0 Å². The summed E-state index contributed by atoms with van der Waals surface area (Å²) in [5.74, 6) is 0. The molecule has 1 saturated carbocycles. The van der Waals surface area contributed by atoms with Crippen molar-refractivity contribution in [2.24, 2.45) is 5.73 Å². The number of nitrogens with zero attached hydrogens (tertiary/aromatic N) is 2. The van der Waals surface area contributed by atoms with Gasteiger partial charge in [-0.3, -0.25) is 0 Å². The average Bonchev–Trinajstić information content (AvgIpc) is 1.98. The third kappa shape index (κ3) is 3.63. The molecule has 0 radical (unpaired) electrons. The molecule has 0 heterocycles. The van der Waals surface area contributed by atoms with Crippen LogP contribution in [-0.4, -0.2) is 56.1 Å². The Morgan fingerprint density at radius 1 is 1.15 bits per heavy atom. The van der Waals surface area contributed by atoms with Crippen LogP contribution in [0.15, 0.2) is 0 Å². The third-order valence-electron chi connectivity index (χ3n) is 2.86. The van der Waals surface area contributed by atoms with Crippen molar-refractivity contribution in [1.29, 1.82) is 0 Å². The first-order valence-corrected chi connectivity index (χ1v) is 5.14. The van der Waals surface area contributed by atoms with E-state index in [1.807, 2.05) is 0 Å². The molecular formula is C10H23N3. The maximum Gasteiger partial charge on any atom is 0.0283 e. The Hall–Kier alpha value is -0.120. The van der Waals surface area contributed by atoms with Crippen LogP contribution in [0.25, 0.3) is 0 Å². The monoisotopic (exact) mass is 185 g/mol. The van der Waals surface area contributed by atoms with Crippen molar-refractivity contribution in [3.8, 4) is 0 Å². The van der Waals surface area contributed by atoms with Gasteiger partial charge in [-0.15, -0.1) is 0 Å². The van der Waals surface area contributed by atoms with Crippen LogP contribution in [0.4, 0.5) is 0 Å². The Kier molecular flexibility index (Phi) is 3.71. The SMILES string of the molecule is CN(C)CCN(C)CC1(N)CCC1. The fourth-order valence-corrected chi connectivity index (χ4v) is 1.78. The first-order chi connectivity index (χ1) is 6.02. The second kappa shape index (κ2) is 4.40. The molecule has 78 valence electrons. The molecule has 0 aromatic heterocycles. The third-order valence-corrected chi connectivity index (χ3v) is 2.86. The molecule has 0 spiro atoms. The molecule has 1 aliphatic carbocycles. The van der Waals surface area contributed by atoms with Gasteiger partial charge >= 0.3 is 0 Å². The molecule has 1 rings (SSSR count). The van der Waals surface area contributed by atoms with Crippen LogP contribution >= 0.6 is 0 Å². The number of nitrogens with two attached hydrogens (primary N) is 1. The lowest BCUT2D eigenvalue weighted by Crippen LogP contribution is -2.54. The Balaban J connectivity index is 2.13. The molecule has 2 N–H and O–H groups in total. The van der Waals surface area contributed by atoms with Gasteiger partial charge in [0.1, 0.15) is 0 Å². The minimum atomic E-state index is 0.140. The van der Waals surface area contributed by atoms with Crippen molar-refractivity contribution in [2.45, 2.75) is 24.8 Å². The van der Waals surface area contributed by atoms with Gasteiger partial charge in [-0.05, 0) is 40.4 Å².